The maximum atomic E-state index is 13.0. The number of aliphatic hydroxyl groups excluding tert-OH is 1. The van der Waals surface area contributed by atoms with E-state index in [4.69, 9.17) is 11.5 Å². The van der Waals surface area contributed by atoms with Crippen LogP contribution in [-0.4, -0.2) is 77.1 Å². The number of amides is 1. The van der Waals surface area contributed by atoms with Crippen LogP contribution in [0.3, 0.4) is 0 Å². The molecule has 1 amide bonds. The molecule has 0 bridgehead atoms. The van der Waals surface area contributed by atoms with E-state index in [0.29, 0.717) is 19.4 Å². The lowest BCUT2D eigenvalue weighted by Crippen LogP contribution is -2.48. The molecule has 178 valence electrons. The van der Waals surface area contributed by atoms with Crippen molar-refractivity contribution < 1.29 is 15.0 Å². The van der Waals surface area contributed by atoms with Crippen LogP contribution in [-0.2, 0) is 18.9 Å². The average molecular weight is 452 g/mol. The number of aromatic nitrogens is 4. The van der Waals surface area contributed by atoms with E-state index in [1.54, 1.807) is 6.92 Å². The van der Waals surface area contributed by atoms with Crippen molar-refractivity contribution in [3.63, 3.8) is 0 Å². The highest BCUT2D eigenvalue weighted by molar-refractivity contribution is 5.81. The number of β-amino-alcohol motifs (C(OH)–C–C–N with tert-alkyl or cyclic N) is 1. The van der Waals surface area contributed by atoms with Crippen LogP contribution in [0, 0.1) is 0 Å². The van der Waals surface area contributed by atoms with Crippen LogP contribution < -0.4 is 22.7 Å². The average Bonchev–Trinajstić information content (AvgIpc) is 3.12. The second kappa shape index (κ2) is 9.14. The van der Waals surface area contributed by atoms with Crippen LogP contribution in [0.15, 0.2) is 15.9 Å². The Labute approximate surface area is 185 Å². The first-order valence-electron chi connectivity index (χ1n) is 10.8. The highest BCUT2D eigenvalue weighted by Crippen LogP contribution is 2.33. The van der Waals surface area contributed by atoms with Gasteiger partial charge in [0, 0.05) is 33.6 Å². The van der Waals surface area contributed by atoms with Crippen molar-refractivity contribution in [1.82, 2.24) is 23.6 Å². The zero-order valence-corrected chi connectivity index (χ0v) is 18.8. The standard InChI is InChI=1S/C20H33N7O5/c1-20(32)8-12(28)9-26(17(29)13(22)6-4-5-7-21)10-14(20)27-11-23-16-15(27)18(30)25(3)19(31)24(16)2/h11-14,28,32H,4-10,21-22H2,1-3H3/t12-,13+,14+,20+/m0/s1. The number of fused-ring (bicyclic) bond motifs is 1. The predicted molar refractivity (Wildman–Crippen MR) is 118 cm³/mol. The number of nitrogens with two attached hydrogens (primary N) is 2. The molecule has 0 aliphatic carbocycles. The lowest BCUT2D eigenvalue weighted by Gasteiger charge is -2.34. The molecule has 0 saturated carbocycles. The van der Waals surface area contributed by atoms with E-state index in [-0.39, 0.29) is 36.6 Å². The third-order valence-corrected chi connectivity index (χ3v) is 6.30. The minimum Gasteiger partial charge on any atom is -0.391 e. The van der Waals surface area contributed by atoms with Crippen molar-refractivity contribution in [2.45, 2.75) is 56.4 Å². The van der Waals surface area contributed by atoms with Crippen molar-refractivity contribution >= 4 is 17.1 Å². The van der Waals surface area contributed by atoms with Crippen LogP contribution in [0.5, 0.6) is 0 Å². The van der Waals surface area contributed by atoms with Gasteiger partial charge in [-0.15, -0.1) is 0 Å². The molecule has 0 spiro atoms. The Hall–Kier alpha value is -2.54. The van der Waals surface area contributed by atoms with Gasteiger partial charge >= 0.3 is 5.69 Å². The number of hydrogen-bond donors (Lipinski definition) is 4. The number of imidazole rings is 1. The molecule has 1 aliphatic rings. The Bertz CT molecular complexity index is 1100. The van der Waals surface area contributed by atoms with Gasteiger partial charge in [0.1, 0.15) is 0 Å². The molecule has 1 saturated heterocycles. The number of aryl methyl sites for hydroxylation is 1. The smallest absolute Gasteiger partial charge is 0.332 e. The number of rotatable bonds is 6. The van der Waals surface area contributed by atoms with Gasteiger partial charge in [0.25, 0.3) is 5.56 Å². The molecule has 32 heavy (non-hydrogen) atoms. The van der Waals surface area contributed by atoms with Crippen molar-refractivity contribution in [2.75, 3.05) is 19.6 Å². The number of nitrogens with zero attached hydrogens (tertiary/aromatic N) is 5. The Morgan fingerprint density at radius 1 is 1.28 bits per heavy atom. The van der Waals surface area contributed by atoms with Gasteiger partial charge in [-0.05, 0) is 26.3 Å². The number of carbonyl (C=O) groups excluding carboxylic acids is 1. The monoisotopic (exact) mass is 451 g/mol. The van der Waals surface area contributed by atoms with Gasteiger partial charge in [-0.2, -0.15) is 0 Å². The summed E-state index contributed by atoms with van der Waals surface area (Å²) in [6, 6.07) is -1.55. The van der Waals surface area contributed by atoms with E-state index in [9.17, 15) is 24.6 Å². The van der Waals surface area contributed by atoms with Crippen LogP contribution in [0.1, 0.15) is 38.6 Å². The Kier molecular flexibility index (Phi) is 6.89. The highest BCUT2D eigenvalue weighted by atomic mass is 16.3. The number of aliphatic hydroxyl groups is 2. The molecule has 1 aliphatic heterocycles. The SMILES string of the molecule is Cn1c(=O)c2c(ncn2[C@@H]2CN(C(=O)[C@H](N)CCCCN)C[C@@H](O)C[C@@]2(C)O)n(C)c1=O. The Balaban J connectivity index is 2.04. The van der Waals surface area contributed by atoms with E-state index in [1.807, 2.05) is 0 Å². The molecule has 3 heterocycles. The van der Waals surface area contributed by atoms with E-state index in [0.717, 1.165) is 11.0 Å². The summed E-state index contributed by atoms with van der Waals surface area (Å²) in [5, 5.41) is 21.7. The third kappa shape index (κ3) is 4.35. The van der Waals surface area contributed by atoms with E-state index in [1.165, 1.54) is 34.5 Å². The van der Waals surface area contributed by atoms with E-state index >= 15 is 0 Å². The second-order valence-corrected chi connectivity index (χ2v) is 8.89. The summed E-state index contributed by atoms with van der Waals surface area (Å²) in [5.41, 5.74) is 9.38. The molecule has 0 unspecified atom stereocenters. The lowest BCUT2D eigenvalue weighted by molar-refractivity contribution is -0.134. The van der Waals surface area contributed by atoms with Gasteiger partial charge in [0.05, 0.1) is 30.1 Å². The topological polar surface area (TPSA) is 175 Å². The molecule has 12 heteroatoms. The first-order chi connectivity index (χ1) is 15.0. The number of unbranched alkanes of at least 4 members (excludes halogenated alkanes) is 1. The van der Waals surface area contributed by atoms with Gasteiger partial charge in [-0.3, -0.25) is 18.7 Å². The summed E-state index contributed by atoms with van der Waals surface area (Å²) < 4.78 is 3.72. The summed E-state index contributed by atoms with van der Waals surface area (Å²) in [6.07, 6.45) is 2.31. The Morgan fingerprint density at radius 3 is 2.62 bits per heavy atom. The van der Waals surface area contributed by atoms with Gasteiger partial charge in [0.15, 0.2) is 11.2 Å². The zero-order valence-electron chi connectivity index (χ0n) is 18.8. The molecule has 0 radical (unpaired) electrons. The van der Waals surface area contributed by atoms with Crippen molar-refractivity contribution in [1.29, 1.82) is 0 Å². The third-order valence-electron chi connectivity index (χ3n) is 6.30. The molecule has 2 aromatic rings. The van der Waals surface area contributed by atoms with Crippen LogP contribution in [0.2, 0.25) is 0 Å². The first kappa shape index (κ1) is 24.1. The van der Waals surface area contributed by atoms with Crippen molar-refractivity contribution in [3.8, 4) is 0 Å². The summed E-state index contributed by atoms with van der Waals surface area (Å²) in [5.74, 6) is -0.339. The lowest BCUT2D eigenvalue weighted by atomic mass is 9.91. The predicted octanol–water partition coefficient (Wildman–Crippen LogP) is -2.22. The molecule has 6 N–H and O–H groups in total. The second-order valence-electron chi connectivity index (χ2n) is 8.89. The summed E-state index contributed by atoms with van der Waals surface area (Å²) in [6.45, 7) is 2.10. The fourth-order valence-electron chi connectivity index (χ4n) is 4.45. The quantitative estimate of drug-likeness (QED) is 0.357. The van der Waals surface area contributed by atoms with E-state index in [2.05, 4.69) is 4.98 Å². The molecular formula is C20H33N7O5. The molecule has 12 nitrogen and oxygen atoms in total. The first-order valence-corrected chi connectivity index (χ1v) is 10.8. The maximum Gasteiger partial charge on any atom is 0.332 e. The Morgan fingerprint density at radius 2 is 1.97 bits per heavy atom. The molecule has 0 aromatic carbocycles. The molecule has 4 atom stereocenters. The minimum absolute atomic E-state index is 0.0131. The van der Waals surface area contributed by atoms with Crippen LogP contribution in [0.25, 0.3) is 11.2 Å². The van der Waals surface area contributed by atoms with Crippen molar-refractivity contribution in [3.05, 3.63) is 27.2 Å². The van der Waals surface area contributed by atoms with E-state index < -0.39 is 35.0 Å². The fraction of sp³-hybridized carbons (Fsp3) is 0.700. The van der Waals surface area contributed by atoms with Crippen LogP contribution in [0.4, 0.5) is 0 Å². The highest BCUT2D eigenvalue weighted by Gasteiger charge is 2.42. The number of carbonyl (C=O) groups is 1. The number of hydrogen-bond acceptors (Lipinski definition) is 8. The normalized spacial score (nSPS) is 25.2. The zero-order chi connectivity index (χ0) is 23.8. The molecule has 1 fully saturated rings. The summed E-state index contributed by atoms with van der Waals surface area (Å²) in [7, 11) is 2.87. The summed E-state index contributed by atoms with van der Waals surface area (Å²) in [4.78, 5) is 43.9. The van der Waals surface area contributed by atoms with Crippen LogP contribution >= 0.6 is 0 Å². The van der Waals surface area contributed by atoms with Gasteiger partial charge < -0.3 is 31.1 Å². The molecule has 2 aromatic heterocycles. The summed E-state index contributed by atoms with van der Waals surface area (Å²) >= 11 is 0. The van der Waals surface area contributed by atoms with Gasteiger partial charge in [-0.1, -0.05) is 6.42 Å². The molecular weight excluding hydrogens is 418 g/mol. The minimum atomic E-state index is -1.47. The fourth-order valence-corrected chi connectivity index (χ4v) is 4.45. The maximum absolute atomic E-state index is 13.0. The van der Waals surface area contributed by atoms with Gasteiger partial charge in [-0.25, -0.2) is 9.78 Å². The van der Waals surface area contributed by atoms with Gasteiger partial charge in [0.2, 0.25) is 5.91 Å². The largest absolute Gasteiger partial charge is 0.391 e. The molecule has 3 rings (SSSR count). The number of likely N-dealkylation sites (tertiary alicyclic amines) is 1. The van der Waals surface area contributed by atoms with Crippen molar-refractivity contribution in [2.24, 2.45) is 25.6 Å².